The highest BCUT2D eigenvalue weighted by Gasteiger charge is 2.20. The fraction of sp³-hybridized carbons (Fsp3) is 0.961. The number of hydrogen-bond acceptors (Lipinski definition) is 6. The van der Waals surface area contributed by atoms with Crippen molar-refractivity contribution in [2.24, 2.45) is 0 Å². The Balaban J connectivity index is 3.95. The maximum Gasteiger partial charge on any atom is 0.306 e. The fourth-order valence-electron chi connectivity index (χ4n) is 12.3. The summed E-state index contributed by atoms with van der Waals surface area (Å²) < 4.78 is 17.0. The minimum Gasteiger partial charge on any atom is -0.462 e. The molecule has 0 saturated carbocycles. The van der Waals surface area contributed by atoms with E-state index < -0.39 is 6.10 Å². The third-order valence-electron chi connectivity index (χ3n) is 18.1. The van der Waals surface area contributed by atoms with Gasteiger partial charge in [0, 0.05) is 19.3 Å². The predicted octanol–water partition coefficient (Wildman–Crippen LogP) is 26.6. The predicted molar refractivity (Wildman–Crippen MR) is 363 cm³/mol. The first-order valence-corrected chi connectivity index (χ1v) is 38.5. The molecule has 0 heterocycles. The van der Waals surface area contributed by atoms with Crippen LogP contribution in [0.1, 0.15) is 457 Å². The van der Waals surface area contributed by atoms with E-state index in [1.165, 1.54) is 360 Å². The molecule has 494 valence electrons. The molecule has 0 bridgehead atoms. The minimum absolute atomic E-state index is 0.0608. The summed E-state index contributed by atoms with van der Waals surface area (Å²) in [5.74, 6) is -0.826. The molecule has 0 aromatic rings. The van der Waals surface area contributed by atoms with Gasteiger partial charge in [-0.25, -0.2) is 0 Å². The van der Waals surface area contributed by atoms with Crippen LogP contribution in [0.2, 0.25) is 0 Å². The van der Waals surface area contributed by atoms with Crippen LogP contribution in [0, 0.1) is 0 Å². The number of unbranched alkanes of at least 4 members (excludes halogenated alkanes) is 62. The van der Waals surface area contributed by atoms with Crippen LogP contribution in [0.4, 0.5) is 0 Å². The van der Waals surface area contributed by atoms with Gasteiger partial charge in [-0.05, 0) is 19.3 Å². The topological polar surface area (TPSA) is 78.9 Å². The van der Waals surface area contributed by atoms with Gasteiger partial charge in [-0.3, -0.25) is 14.4 Å². The van der Waals surface area contributed by atoms with Gasteiger partial charge in [-0.2, -0.15) is 0 Å². The lowest BCUT2D eigenvalue weighted by atomic mass is 10.0. The minimum atomic E-state index is -0.763. The summed E-state index contributed by atoms with van der Waals surface area (Å²) in [5, 5.41) is 0. The van der Waals surface area contributed by atoms with E-state index in [1.54, 1.807) is 0 Å². The number of carbonyl (C=O) groups is 3. The molecule has 0 aliphatic rings. The monoisotopic (exact) mass is 1170 g/mol. The van der Waals surface area contributed by atoms with Crippen LogP contribution in [0.3, 0.4) is 0 Å². The summed E-state index contributed by atoms with van der Waals surface area (Å²) in [6, 6.07) is 0. The Labute approximate surface area is 520 Å². The molecule has 0 saturated heterocycles. The van der Waals surface area contributed by atoms with Crippen molar-refractivity contribution in [3.8, 4) is 0 Å². The Morgan fingerprint density at radius 3 is 0.482 bits per heavy atom. The van der Waals surface area contributed by atoms with Crippen molar-refractivity contribution in [2.75, 3.05) is 13.2 Å². The van der Waals surface area contributed by atoms with Crippen molar-refractivity contribution in [3.05, 3.63) is 0 Å². The molecule has 0 aliphatic heterocycles. The Hall–Kier alpha value is -1.59. The van der Waals surface area contributed by atoms with Crippen LogP contribution >= 0.6 is 0 Å². The fourth-order valence-corrected chi connectivity index (χ4v) is 12.3. The van der Waals surface area contributed by atoms with E-state index in [1.807, 2.05) is 0 Å². The van der Waals surface area contributed by atoms with E-state index >= 15 is 0 Å². The summed E-state index contributed by atoms with van der Waals surface area (Å²) in [4.78, 5) is 38.3. The van der Waals surface area contributed by atoms with E-state index in [9.17, 15) is 14.4 Å². The van der Waals surface area contributed by atoms with Crippen LogP contribution in [-0.4, -0.2) is 37.2 Å². The van der Waals surface area contributed by atoms with E-state index in [0.29, 0.717) is 19.3 Å². The van der Waals surface area contributed by atoms with Gasteiger partial charge < -0.3 is 14.2 Å². The Kier molecular flexibility index (Phi) is 71.5. The van der Waals surface area contributed by atoms with Crippen LogP contribution < -0.4 is 0 Å². The lowest BCUT2D eigenvalue weighted by Gasteiger charge is -2.18. The highest BCUT2D eigenvalue weighted by Crippen LogP contribution is 2.20. The van der Waals surface area contributed by atoms with Gasteiger partial charge in [-0.1, -0.05) is 419 Å². The number of ether oxygens (including phenoxy) is 3. The van der Waals surface area contributed by atoms with Gasteiger partial charge in [0.25, 0.3) is 0 Å². The van der Waals surface area contributed by atoms with E-state index in [4.69, 9.17) is 14.2 Å². The zero-order chi connectivity index (χ0) is 59.9. The van der Waals surface area contributed by atoms with Gasteiger partial charge in [0.05, 0.1) is 0 Å². The standard InChI is InChI=1S/C77H150O6/c1-4-7-10-13-16-19-21-23-25-27-29-31-33-35-36-37-38-39-40-41-42-43-45-46-48-50-52-54-56-58-61-64-67-70-76(79)82-73-74(72-81-75(78)69-66-63-60-18-15-12-9-6-3)83-77(80)71-68-65-62-59-57-55-53-51-49-47-44-34-32-30-28-26-24-22-20-17-14-11-8-5-2/h74H,4-73H2,1-3H3. The van der Waals surface area contributed by atoms with Gasteiger partial charge in [0.2, 0.25) is 0 Å². The van der Waals surface area contributed by atoms with Crippen molar-refractivity contribution in [3.63, 3.8) is 0 Å². The first-order valence-electron chi connectivity index (χ1n) is 38.5. The Morgan fingerprint density at radius 2 is 0.325 bits per heavy atom. The maximum absolute atomic E-state index is 12.9. The van der Waals surface area contributed by atoms with Gasteiger partial charge in [0.1, 0.15) is 13.2 Å². The molecule has 0 aromatic carbocycles. The molecule has 1 unspecified atom stereocenters. The van der Waals surface area contributed by atoms with Crippen LogP contribution in [0.15, 0.2) is 0 Å². The highest BCUT2D eigenvalue weighted by atomic mass is 16.6. The zero-order valence-corrected chi connectivity index (χ0v) is 57.0. The molecular weight excluding hydrogens is 1020 g/mol. The summed E-state index contributed by atoms with van der Waals surface area (Å²) in [7, 11) is 0. The number of carbonyl (C=O) groups excluding carboxylic acids is 3. The van der Waals surface area contributed by atoms with Crippen molar-refractivity contribution in [1.82, 2.24) is 0 Å². The summed E-state index contributed by atoms with van der Waals surface area (Å²) in [6.07, 6.45) is 87.7. The molecule has 0 fully saturated rings. The molecule has 0 radical (unpaired) electrons. The second kappa shape index (κ2) is 72.9. The van der Waals surface area contributed by atoms with E-state index in [2.05, 4.69) is 20.8 Å². The molecule has 1 atom stereocenters. The number of esters is 3. The highest BCUT2D eigenvalue weighted by molar-refractivity contribution is 5.71. The summed E-state index contributed by atoms with van der Waals surface area (Å²) in [5.41, 5.74) is 0. The maximum atomic E-state index is 12.9. The van der Waals surface area contributed by atoms with Gasteiger partial charge >= 0.3 is 17.9 Å². The quantitative estimate of drug-likeness (QED) is 0.0343. The molecule has 0 aromatic heterocycles. The average molecular weight is 1170 g/mol. The van der Waals surface area contributed by atoms with Crippen molar-refractivity contribution in [1.29, 1.82) is 0 Å². The molecule has 0 aliphatic carbocycles. The SMILES string of the molecule is CCCCCCCCCCCCCCCCCCCCCCCCCCCCCCCCCCCC(=O)OCC(COC(=O)CCCCCCCCCC)OC(=O)CCCCCCCCCCCCCCCCCCCCCCCCCC. The lowest BCUT2D eigenvalue weighted by Crippen LogP contribution is -2.30. The Morgan fingerprint density at radius 1 is 0.193 bits per heavy atom. The Bertz CT molecular complexity index is 1250. The lowest BCUT2D eigenvalue weighted by molar-refractivity contribution is -0.167. The third kappa shape index (κ3) is 71.1. The third-order valence-corrected chi connectivity index (χ3v) is 18.1. The van der Waals surface area contributed by atoms with E-state index in [0.717, 1.165) is 57.8 Å². The second-order valence-corrected chi connectivity index (χ2v) is 26.6. The van der Waals surface area contributed by atoms with Crippen molar-refractivity contribution < 1.29 is 28.6 Å². The van der Waals surface area contributed by atoms with Crippen LogP contribution in [0.5, 0.6) is 0 Å². The van der Waals surface area contributed by atoms with Crippen LogP contribution in [0.25, 0.3) is 0 Å². The summed E-state index contributed by atoms with van der Waals surface area (Å²) >= 11 is 0. The first-order chi connectivity index (χ1) is 41.0. The van der Waals surface area contributed by atoms with Crippen molar-refractivity contribution in [2.45, 2.75) is 463 Å². The van der Waals surface area contributed by atoms with Crippen molar-refractivity contribution >= 4 is 17.9 Å². The smallest absolute Gasteiger partial charge is 0.306 e. The molecule has 0 rings (SSSR count). The molecule has 6 heteroatoms. The molecular formula is C77H150O6. The molecule has 0 N–H and O–H groups in total. The average Bonchev–Trinajstić information content (AvgIpc) is 3.49. The first kappa shape index (κ1) is 81.4. The van der Waals surface area contributed by atoms with Gasteiger partial charge in [0.15, 0.2) is 6.10 Å². The number of rotatable bonds is 73. The molecule has 83 heavy (non-hydrogen) atoms. The van der Waals surface area contributed by atoms with Gasteiger partial charge in [-0.15, -0.1) is 0 Å². The normalized spacial score (nSPS) is 11.9. The largest absolute Gasteiger partial charge is 0.462 e. The summed E-state index contributed by atoms with van der Waals surface area (Å²) in [6.45, 7) is 6.71. The molecule has 6 nitrogen and oxygen atoms in total. The molecule has 0 amide bonds. The zero-order valence-electron chi connectivity index (χ0n) is 57.0. The molecule has 0 spiro atoms. The number of hydrogen-bond donors (Lipinski definition) is 0. The van der Waals surface area contributed by atoms with Crippen LogP contribution in [-0.2, 0) is 28.6 Å². The van der Waals surface area contributed by atoms with E-state index in [-0.39, 0.29) is 31.1 Å². The second-order valence-electron chi connectivity index (χ2n) is 26.6.